The zero-order valence-corrected chi connectivity index (χ0v) is 14.4. The zero-order chi connectivity index (χ0) is 18.2. The number of carbonyl (C=O) groups excluding carboxylic acids is 1. The summed E-state index contributed by atoms with van der Waals surface area (Å²) in [7, 11) is 0. The summed E-state index contributed by atoms with van der Waals surface area (Å²) >= 11 is 0. The summed E-state index contributed by atoms with van der Waals surface area (Å²) in [6, 6.07) is 15.8. The molecule has 0 saturated heterocycles. The molecule has 0 aliphatic rings. The fourth-order valence-electron chi connectivity index (χ4n) is 2.47. The van der Waals surface area contributed by atoms with E-state index in [-0.39, 0.29) is 11.3 Å². The minimum atomic E-state index is -0.513. The van der Waals surface area contributed by atoms with Gasteiger partial charge >= 0.3 is 0 Å². The minimum absolute atomic E-state index is 0.000989. The van der Waals surface area contributed by atoms with Crippen molar-refractivity contribution < 1.29 is 9.90 Å². The summed E-state index contributed by atoms with van der Waals surface area (Å²) in [6.45, 7) is 6.02. The lowest BCUT2D eigenvalue weighted by Crippen LogP contribution is -2.21. The van der Waals surface area contributed by atoms with Crippen LogP contribution in [0.25, 0.3) is 6.08 Å². The van der Waals surface area contributed by atoms with Gasteiger partial charge in [-0.2, -0.15) is 5.26 Å². The Morgan fingerprint density at radius 2 is 1.88 bits per heavy atom. The Hall–Kier alpha value is -3.26. The Labute approximate surface area is 147 Å². The Bertz CT molecular complexity index is 800. The first kappa shape index (κ1) is 18.1. The lowest BCUT2D eigenvalue weighted by Gasteiger charge is -2.20. The molecule has 0 aromatic heterocycles. The lowest BCUT2D eigenvalue weighted by molar-refractivity contribution is -0.112. The Morgan fingerprint density at radius 3 is 2.44 bits per heavy atom. The van der Waals surface area contributed by atoms with Crippen LogP contribution in [-0.2, 0) is 4.79 Å². The largest absolute Gasteiger partial charge is 0.508 e. The molecule has 0 atom stereocenters. The Balaban J connectivity index is 2.16. The fraction of sp³-hybridized carbons (Fsp3) is 0.200. The number of nitrogens with one attached hydrogen (secondary N) is 1. The fourth-order valence-corrected chi connectivity index (χ4v) is 2.47. The number of nitrogens with zero attached hydrogens (tertiary/aromatic N) is 2. The molecule has 0 aliphatic heterocycles. The minimum Gasteiger partial charge on any atom is -0.508 e. The average Bonchev–Trinajstić information content (AvgIpc) is 2.62. The second-order valence-corrected chi connectivity index (χ2v) is 5.44. The van der Waals surface area contributed by atoms with Crippen LogP contribution in [0.1, 0.15) is 19.4 Å². The maximum absolute atomic E-state index is 12.2. The summed E-state index contributed by atoms with van der Waals surface area (Å²) in [5.41, 5.74) is 2.31. The molecule has 2 rings (SSSR count). The molecule has 1 amide bonds. The van der Waals surface area contributed by atoms with Gasteiger partial charge in [0, 0.05) is 30.5 Å². The molecular formula is C20H21N3O2. The van der Waals surface area contributed by atoms with Gasteiger partial charge in [0.05, 0.1) is 0 Å². The molecule has 128 valence electrons. The Morgan fingerprint density at radius 1 is 1.20 bits per heavy atom. The van der Waals surface area contributed by atoms with Crippen LogP contribution in [0.15, 0.2) is 54.1 Å². The molecule has 2 aromatic rings. The Kier molecular flexibility index (Phi) is 6.19. The van der Waals surface area contributed by atoms with Gasteiger partial charge in [0.25, 0.3) is 5.91 Å². The van der Waals surface area contributed by atoms with Gasteiger partial charge < -0.3 is 15.3 Å². The monoisotopic (exact) mass is 335 g/mol. The standard InChI is InChI=1S/C20H21N3O2/c1-3-23(4-2)18-10-8-15(9-11-18)12-16(14-21)20(25)22-17-6-5-7-19(24)13-17/h5-13,24H,3-4H2,1-2H3,(H,22,25)/b16-12-. The summed E-state index contributed by atoms with van der Waals surface area (Å²) in [5.74, 6) is -0.465. The first-order chi connectivity index (χ1) is 12.1. The number of phenols is 1. The van der Waals surface area contributed by atoms with E-state index in [1.54, 1.807) is 18.2 Å². The third-order valence-corrected chi connectivity index (χ3v) is 3.80. The van der Waals surface area contributed by atoms with Crippen molar-refractivity contribution in [3.05, 3.63) is 59.7 Å². The van der Waals surface area contributed by atoms with Gasteiger partial charge in [0.1, 0.15) is 17.4 Å². The highest BCUT2D eigenvalue weighted by atomic mass is 16.3. The zero-order valence-electron chi connectivity index (χ0n) is 14.4. The number of hydrogen-bond acceptors (Lipinski definition) is 4. The van der Waals surface area contributed by atoms with E-state index in [1.807, 2.05) is 30.3 Å². The molecule has 25 heavy (non-hydrogen) atoms. The predicted molar refractivity (Wildman–Crippen MR) is 100 cm³/mol. The number of amides is 1. The number of hydrogen-bond donors (Lipinski definition) is 2. The second-order valence-electron chi connectivity index (χ2n) is 5.44. The topological polar surface area (TPSA) is 76.4 Å². The van der Waals surface area contributed by atoms with E-state index >= 15 is 0 Å². The number of nitriles is 1. The molecule has 0 spiro atoms. The van der Waals surface area contributed by atoms with Crippen LogP contribution in [0.5, 0.6) is 5.75 Å². The molecule has 0 heterocycles. The number of carbonyl (C=O) groups is 1. The molecule has 2 N–H and O–H groups in total. The van der Waals surface area contributed by atoms with Gasteiger partial charge in [-0.3, -0.25) is 4.79 Å². The van der Waals surface area contributed by atoms with Crippen LogP contribution in [0.3, 0.4) is 0 Å². The third-order valence-electron chi connectivity index (χ3n) is 3.80. The van der Waals surface area contributed by atoms with Crippen molar-refractivity contribution in [2.75, 3.05) is 23.3 Å². The first-order valence-electron chi connectivity index (χ1n) is 8.14. The third kappa shape index (κ3) is 4.85. The van der Waals surface area contributed by atoms with E-state index in [0.29, 0.717) is 5.69 Å². The molecular weight excluding hydrogens is 314 g/mol. The van der Waals surface area contributed by atoms with Crippen LogP contribution >= 0.6 is 0 Å². The van der Waals surface area contributed by atoms with Crippen molar-refractivity contribution >= 4 is 23.4 Å². The molecule has 0 unspecified atom stereocenters. The van der Waals surface area contributed by atoms with E-state index < -0.39 is 5.91 Å². The van der Waals surface area contributed by atoms with Gasteiger partial charge in [-0.05, 0) is 49.8 Å². The number of rotatable bonds is 6. The van der Waals surface area contributed by atoms with Crippen LogP contribution in [-0.4, -0.2) is 24.1 Å². The molecule has 0 radical (unpaired) electrons. The van der Waals surface area contributed by atoms with Crippen molar-refractivity contribution in [2.24, 2.45) is 0 Å². The lowest BCUT2D eigenvalue weighted by atomic mass is 10.1. The highest BCUT2D eigenvalue weighted by molar-refractivity contribution is 6.09. The van der Waals surface area contributed by atoms with Gasteiger partial charge in [0.2, 0.25) is 0 Å². The van der Waals surface area contributed by atoms with Gasteiger partial charge in [-0.1, -0.05) is 18.2 Å². The number of aromatic hydroxyl groups is 1. The van der Waals surface area contributed by atoms with Crippen molar-refractivity contribution in [2.45, 2.75) is 13.8 Å². The maximum Gasteiger partial charge on any atom is 0.266 e. The molecule has 0 bridgehead atoms. The maximum atomic E-state index is 12.2. The molecule has 5 heteroatoms. The van der Waals surface area contributed by atoms with Crippen molar-refractivity contribution in [3.8, 4) is 11.8 Å². The number of anilines is 2. The van der Waals surface area contributed by atoms with E-state index in [1.165, 1.54) is 12.1 Å². The normalized spacial score (nSPS) is 10.8. The van der Waals surface area contributed by atoms with E-state index in [0.717, 1.165) is 24.3 Å². The molecule has 2 aromatic carbocycles. The van der Waals surface area contributed by atoms with E-state index in [4.69, 9.17) is 0 Å². The summed E-state index contributed by atoms with van der Waals surface area (Å²) in [5, 5.41) is 21.3. The SMILES string of the molecule is CCN(CC)c1ccc(/C=C(/C#N)C(=O)Nc2cccc(O)c2)cc1. The summed E-state index contributed by atoms with van der Waals surface area (Å²) < 4.78 is 0. The molecule has 0 fully saturated rings. The van der Waals surface area contributed by atoms with Crippen LogP contribution < -0.4 is 10.2 Å². The van der Waals surface area contributed by atoms with Crippen molar-refractivity contribution in [1.82, 2.24) is 0 Å². The average molecular weight is 335 g/mol. The molecule has 5 nitrogen and oxygen atoms in total. The van der Waals surface area contributed by atoms with E-state index in [2.05, 4.69) is 24.1 Å². The van der Waals surface area contributed by atoms with E-state index in [9.17, 15) is 15.2 Å². The highest BCUT2D eigenvalue weighted by Gasteiger charge is 2.10. The quantitative estimate of drug-likeness (QED) is 0.622. The molecule has 0 saturated carbocycles. The van der Waals surface area contributed by atoms with Crippen molar-refractivity contribution in [1.29, 1.82) is 5.26 Å². The predicted octanol–water partition coefficient (Wildman–Crippen LogP) is 3.78. The van der Waals surface area contributed by atoms with Gasteiger partial charge in [0.15, 0.2) is 0 Å². The molecule has 0 aliphatic carbocycles. The first-order valence-corrected chi connectivity index (χ1v) is 8.14. The summed E-state index contributed by atoms with van der Waals surface area (Å²) in [4.78, 5) is 14.5. The van der Waals surface area contributed by atoms with Crippen LogP contribution in [0.2, 0.25) is 0 Å². The number of benzene rings is 2. The number of phenolic OH excluding ortho intramolecular Hbond substituents is 1. The highest BCUT2D eigenvalue weighted by Crippen LogP contribution is 2.18. The second kappa shape index (κ2) is 8.55. The van der Waals surface area contributed by atoms with Crippen LogP contribution in [0, 0.1) is 11.3 Å². The smallest absolute Gasteiger partial charge is 0.266 e. The van der Waals surface area contributed by atoms with Gasteiger partial charge in [-0.15, -0.1) is 0 Å². The summed E-state index contributed by atoms with van der Waals surface area (Å²) in [6.07, 6.45) is 1.55. The van der Waals surface area contributed by atoms with Gasteiger partial charge in [-0.25, -0.2) is 0 Å². The van der Waals surface area contributed by atoms with Crippen molar-refractivity contribution in [3.63, 3.8) is 0 Å². The van der Waals surface area contributed by atoms with Crippen LogP contribution in [0.4, 0.5) is 11.4 Å².